The molecule has 6 nitrogen and oxygen atoms in total. The molecule has 0 radical (unpaired) electrons. The molecular weight excluding hydrogens is 409 g/mol. The van der Waals surface area contributed by atoms with Crippen molar-refractivity contribution in [1.82, 2.24) is 14.8 Å². The highest BCUT2D eigenvalue weighted by Gasteiger charge is 2.31. The second kappa shape index (κ2) is 8.74. The maximum absolute atomic E-state index is 13.6. The Morgan fingerprint density at radius 2 is 1.75 bits per heavy atom. The zero-order valence-electron chi connectivity index (χ0n) is 18.6. The van der Waals surface area contributed by atoms with E-state index in [-0.39, 0.29) is 23.7 Å². The minimum absolute atomic E-state index is 0.189. The minimum Gasteiger partial charge on any atom is -0.507 e. The first-order valence-electron chi connectivity index (χ1n) is 10.8. The predicted octanol–water partition coefficient (Wildman–Crippen LogP) is 4.72. The lowest BCUT2D eigenvalue weighted by Crippen LogP contribution is -2.51. The smallest absolute Gasteiger partial charge is 0.410 e. The molecule has 2 aromatic carbocycles. The number of fused-ring (bicyclic) bond motifs is 1. The summed E-state index contributed by atoms with van der Waals surface area (Å²) in [4.78, 5) is 20.5. The van der Waals surface area contributed by atoms with Crippen LogP contribution in [0.5, 0.6) is 5.75 Å². The Morgan fingerprint density at radius 1 is 1.06 bits per heavy atom. The average Bonchev–Trinajstić information content (AvgIpc) is 2.76. The summed E-state index contributed by atoms with van der Waals surface area (Å²) >= 11 is 0. The number of benzene rings is 2. The first-order chi connectivity index (χ1) is 15.2. The number of hydrogen-bond donors (Lipinski definition) is 1. The van der Waals surface area contributed by atoms with Crippen LogP contribution >= 0.6 is 0 Å². The topological polar surface area (TPSA) is 65.9 Å². The number of ether oxygens (including phenoxy) is 1. The molecule has 1 aliphatic rings. The van der Waals surface area contributed by atoms with Gasteiger partial charge in [0.15, 0.2) is 0 Å². The van der Waals surface area contributed by atoms with Crippen molar-refractivity contribution in [1.29, 1.82) is 0 Å². The third-order valence-corrected chi connectivity index (χ3v) is 5.63. The number of piperazine rings is 1. The number of rotatable bonds is 3. The van der Waals surface area contributed by atoms with Gasteiger partial charge in [-0.05, 0) is 44.5 Å². The van der Waals surface area contributed by atoms with Crippen molar-refractivity contribution < 1.29 is 19.0 Å². The van der Waals surface area contributed by atoms with Crippen molar-refractivity contribution in [3.05, 3.63) is 71.8 Å². The summed E-state index contributed by atoms with van der Waals surface area (Å²) in [5.74, 6) is -0.121. The lowest BCUT2D eigenvalue weighted by molar-refractivity contribution is 0.0118. The molecule has 0 saturated carbocycles. The number of aromatic nitrogens is 1. The molecule has 1 atom stereocenters. The number of amides is 1. The van der Waals surface area contributed by atoms with Crippen LogP contribution in [-0.4, -0.2) is 57.8 Å². The minimum atomic E-state index is -0.545. The van der Waals surface area contributed by atoms with E-state index in [0.717, 1.165) is 21.9 Å². The molecule has 1 amide bonds. The molecule has 32 heavy (non-hydrogen) atoms. The Hall–Kier alpha value is -3.19. The van der Waals surface area contributed by atoms with Crippen LogP contribution in [0.1, 0.15) is 37.9 Å². The number of pyridine rings is 1. The number of nitrogens with zero attached hydrogens (tertiary/aromatic N) is 3. The van der Waals surface area contributed by atoms with E-state index < -0.39 is 5.60 Å². The molecule has 2 heterocycles. The van der Waals surface area contributed by atoms with Crippen LogP contribution in [0.4, 0.5) is 9.18 Å². The van der Waals surface area contributed by atoms with Crippen LogP contribution in [0.25, 0.3) is 10.8 Å². The van der Waals surface area contributed by atoms with Crippen LogP contribution in [0.15, 0.2) is 54.9 Å². The largest absolute Gasteiger partial charge is 0.507 e. The molecule has 1 saturated heterocycles. The molecular formula is C25H28FN3O3. The normalized spacial score (nSPS) is 16.2. The van der Waals surface area contributed by atoms with E-state index in [4.69, 9.17) is 4.74 Å². The van der Waals surface area contributed by atoms with Crippen LogP contribution in [0, 0.1) is 5.82 Å². The van der Waals surface area contributed by atoms with E-state index in [1.54, 1.807) is 35.5 Å². The number of carbonyl (C=O) groups excluding carboxylic acids is 1. The van der Waals surface area contributed by atoms with E-state index in [2.05, 4.69) is 9.88 Å². The Labute approximate surface area is 187 Å². The summed E-state index contributed by atoms with van der Waals surface area (Å²) in [7, 11) is 0. The second-order valence-corrected chi connectivity index (χ2v) is 9.06. The average molecular weight is 438 g/mol. The molecule has 0 bridgehead atoms. The number of hydrogen-bond acceptors (Lipinski definition) is 5. The molecule has 1 aromatic heterocycles. The number of aromatic hydroxyl groups is 1. The molecule has 1 fully saturated rings. The van der Waals surface area contributed by atoms with Gasteiger partial charge in [-0.3, -0.25) is 9.88 Å². The van der Waals surface area contributed by atoms with Gasteiger partial charge in [0, 0.05) is 54.9 Å². The highest BCUT2D eigenvalue weighted by atomic mass is 19.1. The number of phenols is 1. The summed E-state index contributed by atoms with van der Waals surface area (Å²) in [5.41, 5.74) is 1.07. The van der Waals surface area contributed by atoms with Crippen molar-refractivity contribution in [3.8, 4) is 5.75 Å². The Kier molecular flexibility index (Phi) is 6.02. The maximum Gasteiger partial charge on any atom is 0.410 e. The quantitative estimate of drug-likeness (QED) is 0.642. The first kappa shape index (κ1) is 22.0. The highest BCUT2D eigenvalue weighted by molar-refractivity contribution is 5.88. The van der Waals surface area contributed by atoms with Crippen molar-refractivity contribution in [3.63, 3.8) is 0 Å². The molecule has 168 valence electrons. The van der Waals surface area contributed by atoms with E-state index in [0.29, 0.717) is 26.2 Å². The first-order valence-corrected chi connectivity index (χ1v) is 10.8. The van der Waals surface area contributed by atoms with Crippen molar-refractivity contribution in [2.75, 3.05) is 26.2 Å². The number of carbonyl (C=O) groups is 1. The van der Waals surface area contributed by atoms with Crippen molar-refractivity contribution in [2.24, 2.45) is 0 Å². The molecule has 1 unspecified atom stereocenters. The van der Waals surface area contributed by atoms with Gasteiger partial charge in [0.05, 0.1) is 6.04 Å². The zero-order chi connectivity index (χ0) is 22.9. The molecule has 1 N–H and O–H groups in total. The summed E-state index contributed by atoms with van der Waals surface area (Å²) in [6.45, 7) is 7.75. The van der Waals surface area contributed by atoms with Gasteiger partial charge in [-0.25, -0.2) is 9.18 Å². The Morgan fingerprint density at radius 3 is 2.41 bits per heavy atom. The van der Waals surface area contributed by atoms with Crippen LogP contribution in [0.2, 0.25) is 0 Å². The number of halogens is 1. The van der Waals surface area contributed by atoms with E-state index >= 15 is 0 Å². The molecule has 0 aliphatic carbocycles. The molecule has 0 spiro atoms. The maximum atomic E-state index is 13.6. The van der Waals surface area contributed by atoms with Crippen LogP contribution in [-0.2, 0) is 4.74 Å². The molecule has 4 rings (SSSR count). The highest BCUT2D eigenvalue weighted by Crippen LogP contribution is 2.38. The Balaban J connectivity index is 1.64. The monoisotopic (exact) mass is 437 g/mol. The van der Waals surface area contributed by atoms with Gasteiger partial charge >= 0.3 is 6.09 Å². The second-order valence-electron chi connectivity index (χ2n) is 9.06. The summed E-state index contributed by atoms with van der Waals surface area (Å²) < 4.78 is 19.1. The van der Waals surface area contributed by atoms with Gasteiger partial charge in [-0.1, -0.05) is 24.3 Å². The summed E-state index contributed by atoms with van der Waals surface area (Å²) in [5, 5.41) is 12.7. The SMILES string of the molecule is CC(C)(C)OC(=O)N1CCN(C(c2ccc(F)cc2)c2ccc3cnccc3c2O)CC1. The summed E-state index contributed by atoms with van der Waals surface area (Å²) in [6.07, 6.45) is 3.04. The Bertz CT molecular complexity index is 1100. The molecule has 7 heteroatoms. The van der Waals surface area contributed by atoms with Crippen LogP contribution < -0.4 is 0 Å². The lowest BCUT2D eigenvalue weighted by atomic mass is 9.93. The zero-order valence-corrected chi connectivity index (χ0v) is 18.6. The van der Waals surface area contributed by atoms with Gasteiger partial charge in [-0.15, -0.1) is 0 Å². The van der Waals surface area contributed by atoms with Gasteiger partial charge < -0.3 is 14.7 Å². The van der Waals surface area contributed by atoms with E-state index in [1.165, 1.54) is 12.1 Å². The molecule has 3 aromatic rings. The fourth-order valence-corrected chi connectivity index (χ4v) is 4.11. The van der Waals surface area contributed by atoms with Crippen molar-refractivity contribution in [2.45, 2.75) is 32.4 Å². The van der Waals surface area contributed by atoms with E-state index in [9.17, 15) is 14.3 Å². The van der Waals surface area contributed by atoms with Gasteiger partial charge in [-0.2, -0.15) is 0 Å². The predicted molar refractivity (Wildman–Crippen MR) is 121 cm³/mol. The standard InChI is InChI=1S/C25H28FN3O3/c1-25(2,3)32-24(31)29-14-12-28(13-15-29)22(17-4-7-19(26)8-5-17)21-9-6-18-16-27-11-10-20(18)23(21)30/h4-11,16,22,30H,12-15H2,1-3H3. The van der Waals surface area contributed by atoms with E-state index in [1.807, 2.05) is 32.9 Å². The third kappa shape index (κ3) is 4.67. The van der Waals surface area contributed by atoms with Crippen molar-refractivity contribution >= 4 is 16.9 Å². The van der Waals surface area contributed by atoms with Gasteiger partial charge in [0.2, 0.25) is 0 Å². The fraction of sp³-hybridized carbons (Fsp3) is 0.360. The fourth-order valence-electron chi connectivity index (χ4n) is 4.11. The van der Waals surface area contributed by atoms with Crippen LogP contribution in [0.3, 0.4) is 0 Å². The summed E-state index contributed by atoms with van der Waals surface area (Å²) in [6, 6.07) is 11.7. The van der Waals surface area contributed by atoms with Gasteiger partial charge in [0.1, 0.15) is 17.2 Å². The van der Waals surface area contributed by atoms with Gasteiger partial charge in [0.25, 0.3) is 0 Å². The number of phenolic OH excluding ortho intramolecular Hbond substituents is 1. The third-order valence-electron chi connectivity index (χ3n) is 5.63. The molecule has 1 aliphatic heterocycles. The lowest BCUT2D eigenvalue weighted by Gasteiger charge is -2.40.